The van der Waals surface area contributed by atoms with Crippen LogP contribution in [0, 0.1) is 0 Å². The van der Waals surface area contributed by atoms with E-state index in [1.165, 1.54) is 19.3 Å². The van der Waals surface area contributed by atoms with Crippen LogP contribution in [0.15, 0.2) is 60.7 Å². The van der Waals surface area contributed by atoms with Gasteiger partial charge in [0, 0.05) is 6.54 Å². The van der Waals surface area contributed by atoms with E-state index in [0.29, 0.717) is 6.54 Å². The third-order valence-electron chi connectivity index (χ3n) is 4.43. The first-order chi connectivity index (χ1) is 11.3. The second-order valence-corrected chi connectivity index (χ2v) is 6.11. The van der Waals surface area contributed by atoms with Crippen molar-refractivity contribution < 1.29 is 4.79 Å². The molecule has 1 aliphatic heterocycles. The molecule has 3 nitrogen and oxygen atoms in total. The zero-order chi connectivity index (χ0) is 15.9. The van der Waals surface area contributed by atoms with E-state index in [-0.39, 0.29) is 11.9 Å². The van der Waals surface area contributed by atoms with Crippen molar-refractivity contribution in [3.63, 3.8) is 0 Å². The number of piperidine rings is 1. The molecule has 1 aliphatic rings. The van der Waals surface area contributed by atoms with Crippen LogP contribution < -0.4 is 5.32 Å². The number of rotatable bonds is 5. The van der Waals surface area contributed by atoms with E-state index < -0.39 is 0 Å². The Kier molecular flexibility index (Phi) is 5.43. The first-order valence-corrected chi connectivity index (χ1v) is 8.45. The van der Waals surface area contributed by atoms with Crippen LogP contribution in [0.4, 0.5) is 0 Å². The zero-order valence-electron chi connectivity index (χ0n) is 13.4. The number of nitrogens with zero attached hydrogens (tertiary/aromatic N) is 1. The molecule has 2 aromatic rings. The summed E-state index contributed by atoms with van der Waals surface area (Å²) in [6, 6.07) is 20.0. The molecule has 0 aromatic heterocycles. The fraction of sp³-hybridized carbons (Fsp3) is 0.350. The van der Waals surface area contributed by atoms with E-state index in [2.05, 4.69) is 22.3 Å². The Labute approximate surface area is 138 Å². The van der Waals surface area contributed by atoms with Gasteiger partial charge >= 0.3 is 0 Å². The lowest BCUT2D eigenvalue weighted by molar-refractivity contribution is -0.127. The highest BCUT2D eigenvalue weighted by atomic mass is 16.2. The molecule has 1 amide bonds. The molecule has 23 heavy (non-hydrogen) atoms. The van der Waals surface area contributed by atoms with E-state index in [4.69, 9.17) is 0 Å². The molecule has 0 bridgehead atoms. The Bertz CT molecular complexity index is 606. The number of carbonyl (C=O) groups excluding carboxylic acids is 1. The van der Waals surface area contributed by atoms with E-state index >= 15 is 0 Å². The van der Waals surface area contributed by atoms with Crippen molar-refractivity contribution in [3.8, 4) is 0 Å². The van der Waals surface area contributed by atoms with E-state index in [0.717, 1.165) is 24.2 Å². The van der Waals surface area contributed by atoms with Gasteiger partial charge in [-0.3, -0.25) is 9.69 Å². The first kappa shape index (κ1) is 15.8. The Hall–Kier alpha value is -2.13. The number of nitrogens with one attached hydrogen (secondary N) is 1. The summed E-state index contributed by atoms with van der Waals surface area (Å²) in [6.07, 6.45) is 3.62. The van der Waals surface area contributed by atoms with Gasteiger partial charge in [0.25, 0.3) is 0 Å². The van der Waals surface area contributed by atoms with Gasteiger partial charge in [-0.05, 0) is 37.1 Å². The monoisotopic (exact) mass is 308 g/mol. The van der Waals surface area contributed by atoms with E-state index in [1.54, 1.807) is 0 Å². The van der Waals surface area contributed by atoms with Crippen molar-refractivity contribution in [2.45, 2.75) is 31.8 Å². The Balaban J connectivity index is 1.73. The van der Waals surface area contributed by atoms with Crippen LogP contribution >= 0.6 is 0 Å². The number of carbonyl (C=O) groups is 1. The number of benzene rings is 2. The van der Waals surface area contributed by atoms with Crippen LogP contribution in [0.2, 0.25) is 0 Å². The maximum absolute atomic E-state index is 12.9. The van der Waals surface area contributed by atoms with Crippen molar-refractivity contribution in [1.82, 2.24) is 10.2 Å². The molecule has 1 fully saturated rings. The quantitative estimate of drug-likeness (QED) is 0.916. The summed E-state index contributed by atoms with van der Waals surface area (Å²) in [5.74, 6) is 0.0990. The summed E-state index contributed by atoms with van der Waals surface area (Å²) in [5, 5.41) is 3.11. The van der Waals surface area contributed by atoms with Gasteiger partial charge in [-0.1, -0.05) is 67.1 Å². The third kappa shape index (κ3) is 4.20. The highest BCUT2D eigenvalue weighted by Crippen LogP contribution is 2.25. The molecule has 0 saturated carbocycles. The number of amides is 1. The van der Waals surface area contributed by atoms with Crippen LogP contribution in [-0.2, 0) is 11.3 Å². The molecular weight excluding hydrogens is 284 g/mol. The predicted octanol–water partition coefficient (Wildman–Crippen LogP) is 3.53. The van der Waals surface area contributed by atoms with Gasteiger partial charge in [0.15, 0.2) is 0 Å². The standard InChI is InChI=1S/C20H24N2O/c23-20(21-16-17-10-4-1-5-11-17)19(18-12-6-2-7-13-18)22-14-8-3-9-15-22/h1-2,4-7,10-13,19H,3,8-9,14-16H2,(H,21,23)/t19-/m1/s1. The SMILES string of the molecule is O=C(NCc1ccccc1)[C@@H](c1ccccc1)N1CCCCC1. The second-order valence-electron chi connectivity index (χ2n) is 6.11. The lowest BCUT2D eigenvalue weighted by atomic mass is 10.0. The average Bonchev–Trinajstić information content (AvgIpc) is 2.63. The van der Waals surface area contributed by atoms with Crippen molar-refractivity contribution >= 4 is 5.91 Å². The lowest BCUT2D eigenvalue weighted by Crippen LogP contribution is -2.42. The van der Waals surface area contributed by atoms with Crippen LogP contribution in [0.25, 0.3) is 0 Å². The number of hydrogen-bond acceptors (Lipinski definition) is 2. The van der Waals surface area contributed by atoms with E-state index in [9.17, 15) is 4.79 Å². The minimum atomic E-state index is -0.180. The maximum Gasteiger partial charge on any atom is 0.242 e. The lowest BCUT2D eigenvalue weighted by Gasteiger charge is -2.34. The van der Waals surface area contributed by atoms with Gasteiger partial charge in [0.1, 0.15) is 6.04 Å². The molecule has 1 heterocycles. The highest BCUT2D eigenvalue weighted by Gasteiger charge is 2.28. The van der Waals surface area contributed by atoms with Crippen LogP contribution in [0.3, 0.4) is 0 Å². The summed E-state index contributed by atoms with van der Waals surface area (Å²) in [4.78, 5) is 15.2. The topological polar surface area (TPSA) is 32.3 Å². The highest BCUT2D eigenvalue weighted by molar-refractivity contribution is 5.83. The molecule has 0 radical (unpaired) electrons. The summed E-state index contributed by atoms with van der Waals surface area (Å²) in [7, 11) is 0. The van der Waals surface area contributed by atoms with Crippen LogP contribution in [0.1, 0.15) is 36.4 Å². The fourth-order valence-electron chi connectivity index (χ4n) is 3.22. The average molecular weight is 308 g/mol. The number of likely N-dealkylation sites (tertiary alicyclic amines) is 1. The Morgan fingerprint density at radius 1 is 0.913 bits per heavy atom. The molecule has 0 unspecified atom stereocenters. The normalized spacial score (nSPS) is 16.7. The molecule has 1 saturated heterocycles. The maximum atomic E-state index is 12.9. The molecule has 2 aromatic carbocycles. The number of hydrogen-bond donors (Lipinski definition) is 1. The van der Waals surface area contributed by atoms with Gasteiger partial charge in [-0.25, -0.2) is 0 Å². The fourth-order valence-corrected chi connectivity index (χ4v) is 3.22. The van der Waals surface area contributed by atoms with Gasteiger partial charge in [0.2, 0.25) is 5.91 Å². The molecule has 0 spiro atoms. The second kappa shape index (κ2) is 7.93. The molecule has 1 atom stereocenters. The summed E-state index contributed by atoms with van der Waals surface area (Å²) >= 11 is 0. The van der Waals surface area contributed by atoms with Gasteiger partial charge < -0.3 is 5.32 Å². The van der Waals surface area contributed by atoms with E-state index in [1.807, 2.05) is 48.5 Å². The Morgan fingerprint density at radius 2 is 1.52 bits per heavy atom. The smallest absolute Gasteiger partial charge is 0.242 e. The minimum Gasteiger partial charge on any atom is -0.350 e. The first-order valence-electron chi connectivity index (χ1n) is 8.45. The Morgan fingerprint density at radius 3 is 2.17 bits per heavy atom. The van der Waals surface area contributed by atoms with Crippen molar-refractivity contribution in [2.24, 2.45) is 0 Å². The minimum absolute atomic E-state index is 0.0990. The van der Waals surface area contributed by atoms with Crippen molar-refractivity contribution in [2.75, 3.05) is 13.1 Å². The molecule has 3 rings (SSSR count). The van der Waals surface area contributed by atoms with Gasteiger partial charge in [-0.15, -0.1) is 0 Å². The van der Waals surface area contributed by atoms with Gasteiger partial charge in [-0.2, -0.15) is 0 Å². The molecule has 120 valence electrons. The molecular formula is C20H24N2O. The van der Waals surface area contributed by atoms with Crippen LogP contribution in [-0.4, -0.2) is 23.9 Å². The molecule has 3 heteroatoms. The zero-order valence-corrected chi connectivity index (χ0v) is 13.4. The van der Waals surface area contributed by atoms with Gasteiger partial charge in [0.05, 0.1) is 0 Å². The summed E-state index contributed by atoms with van der Waals surface area (Å²) in [5.41, 5.74) is 2.21. The summed E-state index contributed by atoms with van der Waals surface area (Å²) in [6.45, 7) is 2.58. The largest absolute Gasteiger partial charge is 0.350 e. The van der Waals surface area contributed by atoms with Crippen molar-refractivity contribution in [3.05, 3.63) is 71.8 Å². The molecule has 0 aliphatic carbocycles. The predicted molar refractivity (Wildman–Crippen MR) is 92.9 cm³/mol. The molecule has 1 N–H and O–H groups in total. The van der Waals surface area contributed by atoms with Crippen LogP contribution in [0.5, 0.6) is 0 Å². The summed E-state index contributed by atoms with van der Waals surface area (Å²) < 4.78 is 0. The third-order valence-corrected chi connectivity index (χ3v) is 4.43. The van der Waals surface area contributed by atoms with Crippen molar-refractivity contribution in [1.29, 1.82) is 0 Å².